The highest BCUT2D eigenvalue weighted by Gasteiger charge is 2.03. The Morgan fingerprint density at radius 2 is 2.10 bits per heavy atom. The lowest BCUT2D eigenvalue weighted by molar-refractivity contribution is -0.131. The fourth-order valence-corrected chi connectivity index (χ4v) is 1.97. The number of hydrogen-bond donors (Lipinski definition) is 1. The molecule has 1 aromatic carbocycles. The second kappa shape index (κ2) is 10.00. The molecule has 0 spiro atoms. The third-order valence-electron chi connectivity index (χ3n) is 3.16. The molecular formula is C17H24O4. The fourth-order valence-electron chi connectivity index (χ4n) is 1.97. The van der Waals surface area contributed by atoms with Crippen LogP contribution in [0.3, 0.4) is 0 Å². The highest BCUT2D eigenvalue weighted by Crippen LogP contribution is 2.20. The van der Waals surface area contributed by atoms with Crippen LogP contribution in [0.5, 0.6) is 5.75 Å². The SMILES string of the molecule is CCCCCCOCc1cc(OC)ccc1C=CC(=O)O. The molecular weight excluding hydrogens is 268 g/mol. The van der Waals surface area contributed by atoms with Crippen molar-refractivity contribution in [1.82, 2.24) is 0 Å². The molecule has 4 nitrogen and oxygen atoms in total. The van der Waals surface area contributed by atoms with Gasteiger partial charge in [-0.1, -0.05) is 32.3 Å². The van der Waals surface area contributed by atoms with Gasteiger partial charge in [0, 0.05) is 12.7 Å². The van der Waals surface area contributed by atoms with E-state index in [1.807, 2.05) is 18.2 Å². The highest BCUT2D eigenvalue weighted by atomic mass is 16.5. The van der Waals surface area contributed by atoms with Crippen LogP contribution in [0.1, 0.15) is 43.7 Å². The summed E-state index contributed by atoms with van der Waals surface area (Å²) in [5, 5.41) is 8.72. The summed E-state index contributed by atoms with van der Waals surface area (Å²) < 4.78 is 10.9. The van der Waals surface area contributed by atoms with E-state index in [1.54, 1.807) is 13.2 Å². The maximum atomic E-state index is 10.6. The van der Waals surface area contributed by atoms with Crippen LogP contribution in [-0.2, 0) is 16.1 Å². The van der Waals surface area contributed by atoms with Crippen molar-refractivity contribution in [2.24, 2.45) is 0 Å². The zero-order chi connectivity index (χ0) is 15.5. The van der Waals surface area contributed by atoms with Crippen LogP contribution in [0, 0.1) is 0 Å². The quantitative estimate of drug-likeness (QED) is 0.525. The van der Waals surface area contributed by atoms with E-state index in [1.165, 1.54) is 19.3 Å². The molecule has 0 amide bonds. The number of ether oxygens (including phenoxy) is 2. The lowest BCUT2D eigenvalue weighted by atomic mass is 10.1. The number of carboxylic acids is 1. The molecule has 0 saturated carbocycles. The van der Waals surface area contributed by atoms with E-state index in [9.17, 15) is 4.79 Å². The van der Waals surface area contributed by atoms with Crippen molar-refractivity contribution < 1.29 is 19.4 Å². The molecule has 1 rings (SSSR count). The fraction of sp³-hybridized carbons (Fsp3) is 0.471. The topological polar surface area (TPSA) is 55.8 Å². The molecule has 1 N–H and O–H groups in total. The van der Waals surface area contributed by atoms with Gasteiger partial charge in [0.15, 0.2) is 0 Å². The van der Waals surface area contributed by atoms with Crippen molar-refractivity contribution in [2.45, 2.75) is 39.2 Å². The molecule has 1 aromatic rings. The molecule has 116 valence electrons. The van der Waals surface area contributed by atoms with Gasteiger partial charge >= 0.3 is 5.97 Å². The minimum atomic E-state index is -0.961. The predicted molar refractivity (Wildman–Crippen MR) is 83.5 cm³/mol. The van der Waals surface area contributed by atoms with Crippen molar-refractivity contribution in [3.05, 3.63) is 35.4 Å². The van der Waals surface area contributed by atoms with Gasteiger partial charge in [-0.3, -0.25) is 0 Å². The van der Waals surface area contributed by atoms with Crippen molar-refractivity contribution in [2.75, 3.05) is 13.7 Å². The van der Waals surface area contributed by atoms with Crippen molar-refractivity contribution in [3.8, 4) is 5.75 Å². The number of hydrogen-bond acceptors (Lipinski definition) is 3. The van der Waals surface area contributed by atoms with Crippen molar-refractivity contribution >= 4 is 12.0 Å². The zero-order valence-electron chi connectivity index (χ0n) is 12.8. The first kappa shape index (κ1) is 17.2. The summed E-state index contributed by atoms with van der Waals surface area (Å²) in [6.45, 7) is 3.36. The lowest BCUT2D eigenvalue weighted by Crippen LogP contribution is -1.99. The molecule has 21 heavy (non-hydrogen) atoms. The van der Waals surface area contributed by atoms with Crippen LogP contribution in [0.15, 0.2) is 24.3 Å². The summed E-state index contributed by atoms with van der Waals surface area (Å²) >= 11 is 0. The molecule has 0 aliphatic heterocycles. The van der Waals surface area contributed by atoms with Gasteiger partial charge in [0.1, 0.15) is 5.75 Å². The first-order valence-corrected chi connectivity index (χ1v) is 7.33. The Kier molecular flexibility index (Phi) is 8.21. The van der Waals surface area contributed by atoms with Gasteiger partial charge in [0.2, 0.25) is 0 Å². The van der Waals surface area contributed by atoms with Gasteiger partial charge in [0.25, 0.3) is 0 Å². The standard InChI is InChI=1S/C17H24O4/c1-3-4-5-6-11-21-13-15-12-16(20-2)9-7-14(15)8-10-17(18)19/h7-10,12H,3-6,11,13H2,1-2H3,(H,18,19). The molecule has 0 radical (unpaired) electrons. The van der Waals surface area contributed by atoms with Gasteiger partial charge in [-0.25, -0.2) is 4.79 Å². The Bertz CT molecular complexity index is 466. The highest BCUT2D eigenvalue weighted by molar-refractivity contribution is 5.85. The van der Waals surface area contributed by atoms with Gasteiger partial charge in [-0.05, 0) is 35.8 Å². The van der Waals surface area contributed by atoms with E-state index < -0.39 is 5.97 Å². The molecule has 0 fully saturated rings. The Balaban J connectivity index is 2.61. The average molecular weight is 292 g/mol. The zero-order valence-corrected chi connectivity index (χ0v) is 12.8. The molecule has 0 saturated heterocycles. The molecule has 0 atom stereocenters. The first-order chi connectivity index (χ1) is 10.2. The number of methoxy groups -OCH3 is 1. The van der Waals surface area contributed by atoms with Crippen molar-refractivity contribution in [1.29, 1.82) is 0 Å². The maximum Gasteiger partial charge on any atom is 0.328 e. The number of carboxylic acid groups (broad SMARTS) is 1. The third-order valence-corrected chi connectivity index (χ3v) is 3.16. The molecule has 0 aliphatic rings. The second-order valence-corrected chi connectivity index (χ2v) is 4.85. The van der Waals surface area contributed by atoms with E-state index in [0.29, 0.717) is 6.61 Å². The maximum absolute atomic E-state index is 10.6. The average Bonchev–Trinajstić information content (AvgIpc) is 2.49. The molecule has 0 bridgehead atoms. The summed E-state index contributed by atoms with van der Waals surface area (Å²) in [6.07, 6.45) is 7.39. The number of benzene rings is 1. The summed E-state index contributed by atoms with van der Waals surface area (Å²) in [5.74, 6) is -0.218. The number of carbonyl (C=O) groups is 1. The molecule has 0 aliphatic carbocycles. The van der Waals surface area contributed by atoms with Crippen LogP contribution in [0.2, 0.25) is 0 Å². The van der Waals surface area contributed by atoms with Crippen molar-refractivity contribution in [3.63, 3.8) is 0 Å². The normalized spacial score (nSPS) is 11.0. The summed E-state index contributed by atoms with van der Waals surface area (Å²) in [6, 6.07) is 5.54. The monoisotopic (exact) mass is 292 g/mol. The largest absolute Gasteiger partial charge is 0.497 e. The van der Waals surface area contributed by atoms with Gasteiger partial charge in [-0.15, -0.1) is 0 Å². The Morgan fingerprint density at radius 3 is 2.76 bits per heavy atom. The van der Waals surface area contributed by atoms with E-state index in [0.717, 1.165) is 36.0 Å². The molecule has 4 heteroatoms. The van der Waals surface area contributed by atoms with Crippen LogP contribution in [0.25, 0.3) is 6.08 Å². The van der Waals surface area contributed by atoms with Gasteiger partial charge in [0.05, 0.1) is 13.7 Å². The van der Waals surface area contributed by atoms with E-state index in [2.05, 4.69) is 6.92 Å². The summed E-state index contributed by atoms with van der Waals surface area (Å²) in [4.78, 5) is 10.6. The minimum Gasteiger partial charge on any atom is -0.497 e. The number of aliphatic carboxylic acids is 1. The van der Waals surface area contributed by atoms with Gasteiger partial charge in [-0.2, -0.15) is 0 Å². The van der Waals surface area contributed by atoms with Crippen LogP contribution in [-0.4, -0.2) is 24.8 Å². The Morgan fingerprint density at radius 1 is 1.29 bits per heavy atom. The Labute approximate surface area is 126 Å². The first-order valence-electron chi connectivity index (χ1n) is 7.33. The van der Waals surface area contributed by atoms with Crippen LogP contribution in [0.4, 0.5) is 0 Å². The second-order valence-electron chi connectivity index (χ2n) is 4.85. The van der Waals surface area contributed by atoms with Crippen LogP contribution < -0.4 is 4.74 Å². The summed E-state index contributed by atoms with van der Waals surface area (Å²) in [5.41, 5.74) is 1.77. The minimum absolute atomic E-state index is 0.461. The van der Waals surface area contributed by atoms with E-state index in [-0.39, 0.29) is 0 Å². The lowest BCUT2D eigenvalue weighted by Gasteiger charge is -2.10. The van der Waals surface area contributed by atoms with E-state index >= 15 is 0 Å². The molecule has 0 aromatic heterocycles. The Hall–Kier alpha value is -1.81. The van der Waals surface area contributed by atoms with Gasteiger partial charge < -0.3 is 14.6 Å². The predicted octanol–water partition coefficient (Wildman–Crippen LogP) is 3.89. The molecule has 0 unspecified atom stereocenters. The van der Waals surface area contributed by atoms with Crippen LogP contribution >= 0.6 is 0 Å². The van der Waals surface area contributed by atoms with E-state index in [4.69, 9.17) is 14.6 Å². The third kappa shape index (κ3) is 6.95. The molecule has 0 heterocycles. The smallest absolute Gasteiger partial charge is 0.328 e. The number of unbranched alkanes of at least 4 members (excludes halogenated alkanes) is 3. The number of rotatable bonds is 10. The summed E-state index contributed by atoms with van der Waals surface area (Å²) in [7, 11) is 1.61.